The van der Waals surface area contributed by atoms with Gasteiger partial charge >= 0.3 is 5.97 Å². The predicted molar refractivity (Wildman–Crippen MR) is 158 cm³/mol. The number of benzene rings is 3. The second-order valence-corrected chi connectivity index (χ2v) is 12.4. The zero-order valence-electron chi connectivity index (χ0n) is 23.9. The van der Waals surface area contributed by atoms with E-state index in [4.69, 9.17) is 19.9 Å². The van der Waals surface area contributed by atoms with Gasteiger partial charge in [-0.1, -0.05) is 12.5 Å². The molecule has 1 saturated heterocycles. The lowest BCUT2D eigenvalue weighted by atomic mass is 9.81. The molecule has 0 spiro atoms. The van der Waals surface area contributed by atoms with Crippen LogP contribution in [0.5, 0.6) is 23.0 Å². The summed E-state index contributed by atoms with van der Waals surface area (Å²) < 4.78 is 45.3. The molecule has 0 saturated carbocycles. The maximum Gasteiger partial charge on any atom is 0.339 e. The van der Waals surface area contributed by atoms with Gasteiger partial charge in [0.05, 0.1) is 12.0 Å². The highest BCUT2D eigenvalue weighted by Gasteiger charge is 2.59. The van der Waals surface area contributed by atoms with Crippen LogP contribution in [-0.2, 0) is 31.6 Å². The summed E-state index contributed by atoms with van der Waals surface area (Å²) in [4.78, 5) is 27.9. The van der Waals surface area contributed by atoms with Crippen molar-refractivity contribution in [3.05, 3.63) is 77.9 Å². The highest BCUT2D eigenvalue weighted by atomic mass is 32.2. The van der Waals surface area contributed by atoms with E-state index >= 15 is 0 Å². The number of piperidine rings is 1. The van der Waals surface area contributed by atoms with Crippen molar-refractivity contribution < 1.29 is 37.3 Å². The van der Waals surface area contributed by atoms with Crippen molar-refractivity contribution >= 4 is 21.9 Å². The van der Waals surface area contributed by atoms with Crippen molar-refractivity contribution in [2.45, 2.75) is 36.1 Å². The standard InChI is InChI=1S/C31H35N3O8S/c1-40-23-5-7-24(8-6-23)42-25-9-12-27(13-10-25)43(38,39)34-18-15-22-21-26(41-20-19-33-16-3-2-4-17-33)11-14-28(22)31(34,29(32)35)30(36)37/h5-14,21H,2-4,15-20H2,1H3,(H2,32,35)(H,36,37). The molecule has 1 atom stereocenters. The highest BCUT2D eigenvalue weighted by Crippen LogP contribution is 2.41. The van der Waals surface area contributed by atoms with Gasteiger partial charge < -0.3 is 25.1 Å². The first-order chi connectivity index (χ1) is 20.7. The Hall–Kier alpha value is -4.13. The van der Waals surface area contributed by atoms with E-state index in [9.17, 15) is 23.1 Å². The van der Waals surface area contributed by atoms with Crippen LogP contribution < -0.4 is 19.9 Å². The Morgan fingerprint density at radius 2 is 1.49 bits per heavy atom. The van der Waals surface area contributed by atoms with Gasteiger partial charge in [0.15, 0.2) is 0 Å². The zero-order chi connectivity index (χ0) is 30.6. The molecular weight excluding hydrogens is 574 g/mol. The zero-order valence-corrected chi connectivity index (χ0v) is 24.7. The Morgan fingerprint density at radius 3 is 2.09 bits per heavy atom. The number of nitrogens with zero attached hydrogens (tertiary/aromatic N) is 2. The van der Waals surface area contributed by atoms with Crippen LogP contribution in [0.3, 0.4) is 0 Å². The number of ether oxygens (including phenoxy) is 3. The molecule has 5 rings (SSSR count). The predicted octanol–water partition coefficient (Wildman–Crippen LogP) is 3.36. The molecule has 0 bridgehead atoms. The smallest absolute Gasteiger partial charge is 0.339 e. The molecule has 0 aliphatic carbocycles. The number of fused-ring (bicyclic) bond motifs is 1. The van der Waals surface area contributed by atoms with Crippen LogP contribution in [0.4, 0.5) is 0 Å². The molecule has 2 aliphatic rings. The monoisotopic (exact) mass is 609 g/mol. The number of amides is 1. The number of likely N-dealkylation sites (tertiary alicyclic amines) is 1. The number of carboxylic acid groups (broad SMARTS) is 1. The number of nitrogens with two attached hydrogens (primary N) is 1. The first-order valence-electron chi connectivity index (χ1n) is 14.1. The fraction of sp³-hybridized carbons (Fsp3) is 0.355. The number of aliphatic carboxylic acids is 1. The van der Waals surface area contributed by atoms with Crippen LogP contribution in [0.15, 0.2) is 71.6 Å². The summed E-state index contributed by atoms with van der Waals surface area (Å²) in [5.41, 5.74) is 3.58. The first-order valence-corrected chi connectivity index (χ1v) is 15.6. The van der Waals surface area contributed by atoms with E-state index in [1.807, 2.05) is 0 Å². The molecule has 2 heterocycles. The van der Waals surface area contributed by atoms with Gasteiger partial charge in [-0.2, -0.15) is 4.31 Å². The van der Waals surface area contributed by atoms with Crippen LogP contribution in [-0.4, -0.2) is 74.5 Å². The Bertz CT molecular complexity index is 1560. The van der Waals surface area contributed by atoms with Crippen molar-refractivity contribution in [3.63, 3.8) is 0 Å². The minimum absolute atomic E-state index is 0.00478. The largest absolute Gasteiger partial charge is 0.497 e. The Balaban J connectivity index is 1.39. The lowest BCUT2D eigenvalue weighted by molar-refractivity contribution is -0.155. The molecule has 12 heteroatoms. The van der Waals surface area contributed by atoms with Gasteiger partial charge in [0.1, 0.15) is 29.6 Å². The van der Waals surface area contributed by atoms with Crippen molar-refractivity contribution in [3.8, 4) is 23.0 Å². The molecule has 11 nitrogen and oxygen atoms in total. The molecule has 1 fully saturated rings. The molecule has 43 heavy (non-hydrogen) atoms. The van der Waals surface area contributed by atoms with Gasteiger partial charge in [-0.25, -0.2) is 13.2 Å². The third-order valence-corrected chi connectivity index (χ3v) is 9.83. The highest BCUT2D eigenvalue weighted by molar-refractivity contribution is 7.89. The summed E-state index contributed by atoms with van der Waals surface area (Å²) in [7, 11) is -2.94. The lowest BCUT2D eigenvalue weighted by Gasteiger charge is -2.41. The number of carbonyl (C=O) groups is 2. The van der Waals surface area contributed by atoms with E-state index in [1.165, 1.54) is 49.6 Å². The van der Waals surface area contributed by atoms with E-state index < -0.39 is 27.4 Å². The van der Waals surface area contributed by atoms with Crippen molar-refractivity contribution in [1.82, 2.24) is 9.21 Å². The van der Waals surface area contributed by atoms with Gasteiger partial charge in [0.25, 0.3) is 5.91 Å². The van der Waals surface area contributed by atoms with Crippen molar-refractivity contribution in [2.24, 2.45) is 5.73 Å². The fourth-order valence-corrected chi connectivity index (χ4v) is 7.38. The third kappa shape index (κ3) is 6.03. The molecule has 3 aromatic carbocycles. The fourth-order valence-electron chi connectivity index (χ4n) is 5.69. The minimum Gasteiger partial charge on any atom is -0.497 e. The number of carbonyl (C=O) groups excluding carboxylic acids is 1. The van der Waals surface area contributed by atoms with Crippen LogP contribution in [0.1, 0.15) is 30.4 Å². The van der Waals surface area contributed by atoms with Crippen LogP contribution >= 0.6 is 0 Å². The Kier molecular flexibility index (Phi) is 8.90. The summed E-state index contributed by atoms with van der Waals surface area (Å²) >= 11 is 0. The second-order valence-electron chi connectivity index (χ2n) is 10.5. The maximum absolute atomic E-state index is 13.9. The van der Waals surface area contributed by atoms with E-state index in [2.05, 4.69) is 4.90 Å². The maximum atomic E-state index is 13.9. The van der Waals surface area contributed by atoms with Crippen molar-refractivity contribution in [2.75, 3.05) is 39.9 Å². The molecule has 0 radical (unpaired) electrons. The lowest BCUT2D eigenvalue weighted by Crippen LogP contribution is -2.64. The summed E-state index contributed by atoms with van der Waals surface area (Å²) in [6, 6.07) is 17.0. The summed E-state index contributed by atoms with van der Waals surface area (Å²) in [6.07, 6.45) is 3.75. The third-order valence-electron chi connectivity index (χ3n) is 7.92. The van der Waals surface area contributed by atoms with Gasteiger partial charge in [0.2, 0.25) is 15.6 Å². The van der Waals surface area contributed by atoms with E-state index in [-0.39, 0.29) is 23.4 Å². The van der Waals surface area contributed by atoms with Gasteiger partial charge in [0, 0.05) is 13.1 Å². The molecule has 3 aromatic rings. The van der Waals surface area contributed by atoms with Gasteiger partial charge in [-0.05, 0) is 104 Å². The number of hydrogen-bond acceptors (Lipinski definition) is 8. The van der Waals surface area contributed by atoms with Crippen molar-refractivity contribution in [1.29, 1.82) is 0 Å². The topological polar surface area (TPSA) is 149 Å². The average molecular weight is 610 g/mol. The second kappa shape index (κ2) is 12.6. The van der Waals surface area contributed by atoms with E-state index in [1.54, 1.807) is 43.5 Å². The number of hydrogen-bond donors (Lipinski definition) is 2. The first kappa shape index (κ1) is 30.3. The Labute approximate surface area is 250 Å². The molecule has 1 unspecified atom stereocenters. The number of primary amides is 1. The molecule has 0 aromatic heterocycles. The normalized spacial score (nSPS) is 19.3. The minimum atomic E-state index is -4.49. The molecule has 1 amide bonds. The van der Waals surface area contributed by atoms with Gasteiger partial charge in [-0.3, -0.25) is 9.69 Å². The summed E-state index contributed by atoms with van der Waals surface area (Å²) in [6.45, 7) is 3.03. The van der Waals surface area contributed by atoms with E-state index in [0.29, 0.717) is 39.5 Å². The number of sulfonamides is 1. The Morgan fingerprint density at radius 1 is 0.884 bits per heavy atom. The number of carboxylic acids is 1. The summed E-state index contributed by atoms with van der Waals surface area (Å²) in [5, 5.41) is 10.4. The molecule has 228 valence electrons. The van der Waals surface area contributed by atoms with Crippen LogP contribution in [0, 0.1) is 0 Å². The van der Waals surface area contributed by atoms with Gasteiger partial charge in [-0.15, -0.1) is 0 Å². The summed E-state index contributed by atoms with van der Waals surface area (Å²) in [5.74, 6) is -0.934. The van der Waals surface area contributed by atoms with Crippen LogP contribution in [0.25, 0.3) is 0 Å². The quantitative estimate of drug-likeness (QED) is 0.312. The molecular formula is C31H35N3O8S. The van der Waals surface area contributed by atoms with Crippen LogP contribution in [0.2, 0.25) is 0 Å². The number of methoxy groups -OCH3 is 1. The SMILES string of the molecule is COc1ccc(Oc2ccc(S(=O)(=O)N3CCc4cc(OCCN5CCCCC5)ccc4C3(C(N)=O)C(=O)O)cc2)cc1. The molecule has 3 N–H and O–H groups in total. The molecule has 2 aliphatic heterocycles. The average Bonchev–Trinajstić information content (AvgIpc) is 3.01. The number of rotatable bonds is 11. The van der Waals surface area contributed by atoms with E-state index in [0.717, 1.165) is 19.6 Å².